The predicted octanol–water partition coefficient (Wildman–Crippen LogP) is 4.87. The molecular weight excluding hydrogens is 622 g/mol. The molecule has 16 heteroatoms. The first-order valence-corrected chi connectivity index (χ1v) is 13.6. The lowest BCUT2D eigenvalue weighted by atomic mass is 9.95. The number of ketones is 1. The summed E-state index contributed by atoms with van der Waals surface area (Å²) in [4.78, 5) is 32.0. The summed E-state index contributed by atoms with van der Waals surface area (Å²) in [5.74, 6) is -2.23. The van der Waals surface area contributed by atoms with Crippen LogP contribution < -0.4 is 11.1 Å². The number of hydrogen-bond donors (Lipinski definition) is 2. The number of alkyl halides is 3. The van der Waals surface area contributed by atoms with E-state index in [2.05, 4.69) is 30.8 Å². The molecule has 0 spiro atoms. The molecule has 226 valence electrons. The molecule has 0 bridgehead atoms. The minimum atomic E-state index is -4.78. The average Bonchev–Trinajstić information content (AvgIpc) is 3.62. The molecule has 0 unspecified atom stereocenters. The van der Waals surface area contributed by atoms with E-state index in [0.717, 1.165) is 5.56 Å². The number of pyridine rings is 1. The number of aryl methyl sites for hydroxylation is 1. The first-order chi connectivity index (χ1) is 20.9. The molecule has 0 fully saturated rings. The maximum atomic E-state index is 13.8. The molecule has 3 N–H and O–H groups in total. The fourth-order valence-electron chi connectivity index (χ4n) is 4.34. The summed E-state index contributed by atoms with van der Waals surface area (Å²) in [6.07, 6.45) is -3.59. The van der Waals surface area contributed by atoms with Crippen LogP contribution in [0.4, 0.5) is 18.9 Å². The van der Waals surface area contributed by atoms with Crippen molar-refractivity contribution in [1.29, 1.82) is 0 Å². The minimum absolute atomic E-state index is 0.0133. The number of carbonyl (C=O) groups excluding carboxylic acids is 2. The average molecular weight is 644 g/mol. The van der Waals surface area contributed by atoms with Gasteiger partial charge in [-0.25, -0.2) is 9.67 Å². The van der Waals surface area contributed by atoms with Crippen molar-refractivity contribution in [1.82, 2.24) is 40.3 Å². The highest BCUT2D eigenvalue weighted by Crippen LogP contribution is 2.27. The van der Waals surface area contributed by atoms with Crippen molar-refractivity contribution in [3.63, 3.8) is 0 Å². The van der Waals surface area contributed by atoms with Gasteiger partial charge in [-0.1, -0.05) is 35.3 Å². The third-order valence-electron chi connectivity index (χ3n) is 6.45. The summed E-state index contributed by atoms with van der Waals surface area (Å²) in [7, 11) is 0. The summed E-state index contributed by atoms with van der Waals surface area (Å²) in [6, 6.07) is 14.6. The number of nitrogens with one attached hydrogen (secondary N) is 1. The number of hydrogen-bond acceptors (Lipinski definition) is 8. The zero-order valence-electron chi connectivity index (χ0n) is 22.8. The number of halogens is 5. The number of carbonyl (C=O) groups is 2. The van der Waals surface area contributed by atoms with Gasteiger partial charge in [0.25, 0.3) is 11.7 Å². The highest BCUT2D eigenvalue weighted by Gasteiger charge is 2.37. The van der Waals surface area contributed by atoms with Crippen molar-refractivity contribution in [2.45, 2.75) is 32.6 Å². The number of anilines is 1. The monoisotopic (exact) mass is 643 g/mol. The van der Waals surface area contributed by atoms with Crippen molar-refractivity contribution in [2.24, 2.45) is 0 Å². The number of amides is 1. The maximum Gasteiger partial charge on any atom is 0.455 e. The largest absolute Gasteiger partial charge is 0.455 e. The van der Waals surface area contributed by atoms with Crippen LogP contribution >= 0.6 is 23.2 Å². The maximum absolute atomic E-state index is 13.8. The fourth-order valence-corrected chi connectivity index (χ4v) is 4.82. The quantitative estimate of drug-likeness (QED) is 0.171. The predicted molar refractivity (Wildman–Crippen MR) is 155 cm³/mol. The Bertz CT molecular complexity index is 1850. The Hall–Kier alpha value is -4.82. The van der Waals surface area contributed by atoms with Gasteiger partial charge in [-0.05, 0) is 71.3 Å². The van der Waals surface area contributed by atoms with E-state index in [1.54, 1.807) is 49.4 Å². The topological polar surface area (TPSA) is 146 Å². The normalized spacial score (nSPS) is 11.5. The van der Waals surface area contributed by atoms with Crippen molar-refractivity contribution < 1.29 is 22.8 Å². The number of aromatic nitrogens is 7. The van der Waals surface area contributed by atoms with Crippen LogP contribution in [0.5, 0.6) is 0 Å². The molecule has 0 aliphatic heterocycles. The molecule has 0 saturated carbocycles. The summed E-state index contributed by atoms with van der Waals surface area (Å²) in [5.41, 5.74) is 8.50. The molecule has 0 saturated heterocycles. The number of nitrogens with two attached hydrogens (primary N) is 1. The van der Waals surface area contributed by atoms with Crippen LogP contribution in [0.3, 0.4) is 0 Å². The van der Waals surface area contributed by atoms with Crippen molar-refractivity contribution in [3.05, 3.63) is 110 Å². The molecule has 5 rings (SSSR count). The molecule has 0 atom stereocenters. The minimum Gasteiger partial charge on any atom is -0.399 e. The number of nitrogens with zero attached hydrogens (tertiary/aromatic N) is 7. The van der Waals surface area contributed by atoms with Crippen molar-refractivity contribution >= 4 is 40.6 Å². The Morgan fingerprint density at radius 1 is 1.05 bits per heavy atom. The van der Waals surface area contributed by atoms with Gasteiger partial charge in [0, 0.05) is 35.4 Å². The molecule has 3 aromatic heterocycles. The lowest BCUT2D eigenvalue weighted by molar-refractivity contribution is -0.145. The summed E-state index contributed by atoms with van der Waals surface area (Å²) < 4.78 is 40.1. The molecule has 5 aromatic rings. The molecule has 11 nitrogen and oxygen atoms in total. The Balaban J connectivity index is 1.46. The van der Waals surface area contributed by atoms with E-state index in [0.29, 0.717) is 26.6 Å². The highest BCUT2D eigenvalue weighted by molar-refractivity contribution is 6.32. The van der Waals surface area contributed by atoms with E-state index in [1.165, 1.54) is 23.0 Å². The number of benzene rings is 2. The number of tetrazole rings is 1. The van der Waals surface area contributed by atoms with Crippen LogP contribution in [-0.4, -0.2) is 46.7 Å². The van der Waals surface area contributed by atoms with Crippen LogP contribution in [0, 0.1) is 6.92 Å². The molecule has 3 heterocycles. The van der Waals surface area contributed by atoms with Gasteiger partial charge in [-0.3, -0.25) is 9.59 Å². The van der Waals surface area contributed by atoms with E-state index in [4.69, 9.17) is 28.9 Å². The van der Waals surface area contributed by atoms with Gasteiger partial charge in [0.15, 0.2) is 11.6 Å². The Morgan fingerprint density at radius 2 is 1.80 bits per heavy atom. The van der Waals surface area contributed by atoms with Gasteiger partial charge in [-0.2, -0.15) is 23.1 Å². The third kappa shape index (κ3) is 6.87. The molecule has 2 aromatic carbocycles. The zero-order chi connectivity index (χ0) is 31.6. The van der Waals surface area contributed by atoms with E-state index >= 15 is 0 Å². The number of Topliss-reactive ketones (excluding diaryl/α,β-unsaturated/α-hetero) is 1. The smallest absolute Gasteiger partial charge is 0.399 e. The van der Waals surface area contributed by atoms with E-state index < -0.39 is 23.7 Å². The second-order valence-corrected chi connectivity index (χ2v) is 10.5. The van der Waals surface area contributed by atoms with E-state index in [-0.39, 0.29) is 47.3 Å². The van der Waals surface area contributed by atoms with Gasteiger partial charge in [0.05, 0.1) is 10.7 Å². The van der Waals surface area contributed by atoms with Gasteiger partial charge < -0.3 is 11.1 Å². The molecule has 0 aliphatic carbocycles. The van der Waals surface area contributed by atoms with Gasteiger partial charge in [0.2, 0.25) is 0 Å². The zero-order valence-corrected chi connectivity index (χ0v) is 24.3. The molecule has 44 heavy (non-hydrogen) atoms. The lowest BCUT2D eigenvalue weighted by Gasteiger charge is -2.14. The Labute approximate surface area is 257 Å². The van der Waals surface area contributed by atoms with Gasteiger partial charge >= 0.3 is 6.18 Å². The Morgan fingerprint density at radius 3 is 2.48 bits per heavy atom. The molecule has 0 radical (unpaired) electrons. The lowest BCUT2D eigenvalue weighted by Crippen LogP contribution is -2.25. The van der Waals surface area contributed by atoms with Crippen LogP contribution in [0.1, 0.15) is 49.1 Å². The Kier molecular flexibility index (Phi) is 8.65. The molecule has 0 aliphatic rings. The first-order valence-electron chi connectivity index (χ1n) is 12.9. The molecular formula is C28H22Cl2F3N9O2. The summed E-state index contributed by atoms with van der Waals surface area (Å²) in [5, 5.41) is 17.5. The van der Waals surface area contributed by atoms with E-state index in [1.807, 2.05) is 0 Å². The van der Waals surface area contributed by atoms with Crippen LogP contribution in [0.2, 0.25) is 10.0 Å². The van der Waals surface area contributed by atoms with Crippen LogP contribution in [0.15, 0.2) is 60.8 Å². The summed E-state index contributed by atoms with van der Waals surface area (Å²) in [6.45, 7) is 1.59. The van der Waals surface area contributed by atoms with Gasteiger partial charge in [-0.15, -0.1) is 10.2 Å². The van der Waals surface area contributed by atoms with Crippen molar-refractivity contribution in [2.75, 3.05) is 5.73 Å². The summed E-state index contributed by atoms with van der Waals surface area (Å²) >= 11 is 12.6. The van der Waals surface area contributed by atoms with E-state index in [9.17, 15) is 22.8 Å². The second kappa shape index (κ2) is 12.4. The highest BCUT2D eigenvalue weighted by atomic mass is 35.5. The fraction of sp³-hybridized carbons (Fsp3) is 0.179. The van der Waals surface area contributed by atoms with Crippen LogP contribution in [0.25, 0.3) is 5.82 Å². The standard InChI is InChI=1S/C28H22Cl2F3N9O2/c1-15-9-17(29)10-21(26(44)36-13-16-4-6-18(34)7-5-16)20(15)12-24(43)23-11-19(14-41-39-27(37-40-41)28(31,32)33)38-42(23)25-22(30)3-2-8-35-25/h2-11H,12-14,34H2,1H3,(H,36,44). The number of nitrogen functional groups attached to an aromatic ring is 1. The van der Waals surface area contributed by atoms with Crippen LogP contribution in [-0.2, 0) is 25.7 Å². The SMILES string of the molecule is Cc1cc(Cl)cc(C(=O)NCc2ccc(N)cc2)c1CC(=O)c1cc(Cn2nnc(C(F)(F)F)n2)nn1-c1ncccc1Cl. The molecule has 1 amide bonds. The third-order valence-corrected chi connectivity index (χ3v) is 6.96. The first kappa shape index (κ1) is 30.6. The van der Waals surface area contributed by atoms with Crippen molar-refractivity contribution in [3.8, 4) is 5.82 Å². The van der Waals surface area contributed by atoms with Gasteiger partial charge in [0.1, 0.15) is 12.2 Å². The second-order valence-electron chi connectivity index (χ2n) is 9.66. The number of rotatable bonds is 9.